The lowest BCUT2D eigenvalue weighted by atomic mass is 10.1. The van der Waals surface area contributed by atoms with Crippen LogP contribution in [0, 0.1) is 17.8 Å². The summed E-state index contributed by atoms with van der Waals surface area (Å²) in [5, 5.41) is 9.20. The van der Waals surface area contributed by atoms with Crippen LogP contribution < -0.4 is 16.0 Å². The van der Waals surface area contributed by atoms with Crippen LogP contribution in [0.4, 0.5) is 5.69 Å². The van der Waals surface area contributed by atoms with Gasteiger partial charge in [-0.2, -0.15) is 0 Å². The van der Waals surface area contributed by atoms with Crippen LogP contribution in [-0.2, 0) is 4.79 Å². The molecule has 3 rings (SSSR count). The number of hydrogen-bond acceptors (Lipinski definition) is 3. The first-order valence-electron chi connectivity index (χ1n) is 8.53. The molecule has 0 radical (unpaired) electrons. The summed E-state index contributed by atoms with van der Waals surface area (Å²) >= 11 is 0. The topological polar surface area (TPSA) is 70.2 Å². The van der Waals surface area contributed by atoms with Gasteiger partial charge in [0.1, 0.15) is 0 Å². The first kappa shape index (κ1) is 18.7. The number of benzene rings is 1. The predicted octanol–water partition coefficient (Wildman–Crippen LogP) is 2.43. The Morgan fingerprint density at radius 2 is 2.12 bits per heavy atom. The van der Waals surface area contributed by atoms with Crippen LogP contribution in [0.3, 0.4) is 0 Å². The Morgan fingerprint density at radius 1 is 1.33 bits per heavy atom. The average molecular weight is 352 g/mol. The fourth-order valence-corrected chi connectivity index (χ4v) is 3.11. The number of hydrogen-bond donors (Lipinski definition) is 3. The Kier molecular flexibility index (Phi) is 6.63. The first-order chi connectivity index (χ1) is 11.1. The van der Waals surface area contributed by atoms with E-state index in [1.807, 2.05) is 12.1 Å². The quantitative estimate of drug-likeness (QED) is 0.737. The molecule has 6 heteroatoms. The van der Waals surface area contributed by atoms with Crippen LogP contribution >= 0.6 is 12.4 Å². The van der Waals surface area contributed by atoms with E-state index in [0.29, 0.717) is 29.6 Å². The number of nitrogens with one attached hydrogen (secondary N) is 3. The summed E-state index contributed by atoms with van der Waals surface area (Å²) in [4.78, 5) is 24.2. The van der Waals surface area contributed by atoms with Crippen molar-refractivity contribution in [3.8, 4) is 0 Å². The Hall–Kier alpha value is -1.59. The van der Waals surface area contributed by atoms with Gasteiger partial charge in [-0.3, -0.25) is 9.59 Å². The second kappa shape index (κ2) is 8.49. The highest BCUT2D eigenvalue weighted by Crippen LogP contribution is 2.38. The summed E-state index contributed by atoms with van der Waals surface area (Å²) < 4.78 is 0. The van der Waals surface area contributed by atoms with Gasteiger partial charge in [0.15, 0.2) is 0 Å². The molecule has 1 aromatic rings. The van der Waals surface area contributed by atoms with Gasteiger partial charge in [0.2, 0.25) is 5.91 Å². The molecule has 1 aliphatic heterocycles. The summed E-state index contributed by atoms with van der Waals surface area (Å²) in [7, 11) is 0. The smallest absolute Gasteiger partial charge is 0.251 e. The highest BCUT2D eigenvalue weighted by molar-refractivity contribution is 5.98. The normalized spacial score (nSPS) is 24.8. The zero-order chi connectivity index (χ0) is 16.2. The lowest BCUT2D eigenvalue weighted by Gasteiger charge is -2.10. The van der Waals surface area contributed by atoms with E-state index in [0.717, 1.165) is 25.9 Å². The standard InChI is InChI=1S/C18H25N3O2.ClH/c1-12-9-16(12)18(23)21-15-4-2-3-14(10-15)17(22)20-8-6-13-5-7-19-11-13;/h2-4,10,12-13,16,19H,5-9,11H2,1H3,(H,20,22)(H,21,23);1H. The molecule has 3 atom stereocenters. The largest absolute Gasteiger partial charge is 0.352 e. The molecular weight excluding hydrogens is 326 g/mol. The van der Waals surface area contributed by atoms with Crippen molar-refractivity contribution >= 4 is 29.9 Å². The van der Waals surface area contributed by atoms with Crippen LogP contribution in [-0.4, -0.2) is 31.4 Å². The minimum absolute atomic E-state index is 0. The van der Waals surface area contributed by atoms with Crippen LogP contribution in [0.2, 0.25) is 0 Å². The Morgan fingerprint density at radius 3 is 2.79 bits per heavy atom. The summed E-state index contributed by atoms with van der Waals surface area (Å²) in [5.41, 5.74) is 1.29. The molecular formula is C18H26ClN3O2. The van der Waals surface area contributed by atoms with Gasteiger partial charge in [-0.15, -0.1) is 12.4 Å². The van der Waals surface area contributed by atoms with Gasteiger partial charge in [0.05, 0.1) is 0 Å². The first-order valence-corrected chi connectivity index (χ1v) is 8.53. The maximum absolute atomic E-state index is 12.2. The Bertz CT molecular complexity index is 587. The summed E-state index contributed by atoms with van der Waals surface area (Å²) in [6.45, 7) is 4.91. The molecule has 1 saturated heterocycles. The van der Waals surface area contributed by atoms with Crippen LogP contribution in [0.5, 0.6) is 0 Å². The third-order valence-corrected chi connectivity index (χ3v) is 4.84. The van der Waals surface area contributed by atoms with E-state index in [2.05, 4.69) is 22.9 Å². The Balaban J connectivity index is 0.00000208. The van der Waals surface area contributed by atoms with Crippen molar-refractivity contribution in [3.63, 3.8) is 0 Å². The van der Waals surface area contributed by atoms with Crippen molar-refractivity contribution < 1.29 is 9.59 Å². The van der Waals surface area contributed by atoms with Gasteiger partial charge >= 0.3 is 0 Å². The van der Waals surface area contributed by atoms with Gasteiger partial charge in [-0.25, -0.2) is 0 Å². The molecule has 3 unspecified atom stereocenters. The lowest BCUT2D eigenvalue weighted by Crippen LogP contribution is -2.26. The third kappa shape index (κ3) is 4.95. The zero-order valence-corrected chi connectivity index (χ0v) is 14.8. The van der Waals surface area contributed by atoms with Crippen LogP contribution in [0.15, 0.2) is 24.3 Å². The number of rotatable bonds is 6. The molecule has 2 fully saturated rings. The Labute approximate surface area is 149 Å². The fraction of sp³-hybridized carbons (Fsp3) is 0.556. The van der Waals surface area contributed by atoms with Gasteiger partial charge in [0.25, 0.3) is 5.91 Å². The summed E-state index contributed by atoms with van der Waals surface area (Å²) in [6, 6.07) is 7.16. The summed E-state index contributed by atoms with van der Waals surface area (Å²) in [6.07, 6.45) is 3.16. The van der Waals surface area contributed by atoms with E-state index in [9.17, 15) is 9.59 Å². The van der Waals surface area contributed by atoms with Crippen molar-refractivity contribution in [2.45, 2.75) is 26.2 Å². The van der Waals surface area contributed by atoms with E-state index < -0.39 is 0 Å². The van der Waals surface area contributed by atoms with Crippen molar-refractivity contribution in [3.05, 3.63) is 29.8 Å². The minimum atomic E-state index is -0.0770. The SMILES string of the molecule is CC1CC1C(=O)Nc1cccc(C(=O)NCCC2CCNC2)c1.Cl. The van der Waals surface area contributed by atoms with Crippen molar-refractivity contribution in [2.75, 3.05) is 25.0 Å². The lowest BCUT2D eigenvalue weighted by molar-refractivity contribution is -0.117. The molecule has 2 aliphatic rings. The van der Waals surface area contributed by atoms with Gasteiger partial charge in [-0.05, 0) is 62.4 Å². The third-order valence-electron chi connectivity index (χ3n) is 4.84. The number of halogens is 1. The monoisotopic (exact) mass is 351 g/mol. The molecule has 1 heterocycles. The van der Waals surface area contributed by atoms with E-state index in [4.69, 9.17) is 0 Å². The molecule has 2 amide bonds. The highest BCUT2D eigenvalue weighted by atomic mass is 35.5. The zero-order valence-electron chi connectivity index (χ0n) is 14.0. The van der Waals surface area contributed by atoms with E-state index in [-0.39, 0.29) is 30.1 Å². The number of anilines is 1. The molecule has 0 bridgehead atoms. The highest BCUT2D eigenvalue weighted by Gasteiger charge is 2.39. The van der Waals surface area contributed by atoms with Crippen LogP contribution in [0.25, 0.3) is 0 Å². The molecule has 0 spiro atoms. The molecule has 0 aromatic heterocycles. The van der Waals surface area contributed by atoms with E-state index in [1.165, 1.54) is 6.42 Å². The maximum atomic E-state index is 12.2. The predicted molar refractivity (Wildman–Crippen MR) is 97.5 cm³/mol. The van der Waals surface area contributed by atoms with Gasteiger partial charge < -0.3 is 16.0 Å². The van der Waals surface area contributed by atoms with E-state index >= 15 is 0 Å². The number of amides is 2. The fourth-order valence-electron chi connectivity index (χ4n) is 3.11. The number of carbonyl (C=O) groups is 2. The second-order valence-corrected chi connectivity index (χ2v) is 6.79. The molecule has 1 aliphatic carbocycles. The average Bonchev–Trinajstić information content (AvgIpc) is 3.06. The van der Waals surface area contributed by atoms with Crippen molar-refractivity contribution in [1.29, 1.82) is 0 Å². The van der Waals surface area contributed by atoms with Gasteiger partial charge in [-0.1, -0.05) is 13.0 Å². The van der Waals surface area contributed by atoms with Gasteiger partial charge in [0, 0.05) is 23.7 Å². The van der Waals surface area contributed by atoms with Crippen molar-refractivity contribution in [2.24, 2.45) is 17.8 Å². The molecule has 5 nitrogen and oxygen atoms in total. The van der Waals surface area contributed by atoms with Crippen molar-refractivity contribution in [1.82, 2.24) is 10.6 Å². The molecule has 3 N–H and O–H groups in total. The van der Waals surface area contributed by atoms with Crippen LogP contribution in [0.1, 0.15) is 36.5 Å². The molecule has 1 saturated carbocycles. The molecule has 132 valence electrons. The molecule has 24 heavy (non-hydrogen) atoms. The number of carbonyl (C=O) groups excluding carboxylic acids is 2. The molecule has 1 aromatic carbocycles. The maximum Gasteiger partial charge on any atom is 0.251 e. The summed E-state index contributed by atoms with van der Waals surface area (Å²) in [5.74, 6) is 1.26. The van der Waals surface area contributed by atoms with E-state index in [1.54, 1.807) is 12.1 Å². The second-order valence-electron chi connectivity index (χ2n) is 6.79. The minimum Gasteiger partial charge on any atom is -0.352 e.